The number of carbonyl (C=O) groups excluding carboxylic acids is 2. The number of aromatic nitrogens is 1. The van der Waals surface area contributed by atoms with Gasteiger partial charge in [-0.05, 0) is 36.8 Å². The van der Waals surface area contributed by atoms with E-state index < -0.39 is 0 Å². The second kappa shape index (κ2) is 7.57. The standard InChI is InChI=1S/C20H18N4O2/c1-13-18(11-16-5-3-4-6-19(16)22-13)20(26)24-21-12-15-7-9-17(10-8-15)23-14(2)25/h3-12H,1-2H3,(H,23,25)(H,24,26)/b21-12-. The first-order valence-electron chi connectivity index (χ1n) is 8.10. The van der Waals surface area contributed by atoms with Crippen molar-refractivity contribution >= 4 is 34.6 Å². The first-order valence-corrected chi connectivity index (χ1v) is 8.10. The summed E-state index contributed by atoms with van der Waals surface area (Å²) in [5.41, 5.74) is 6.01. The number of hydrogen-bond donors (Lipinski definition) is 2. The Balaban J connectivity index is 1.69. The molecule has 6 nitrogen and oxygen atoms in total. The number of benzene rings is 2. The van der Waals surface area contributed by atoms with Crippen molar-refractivity contribution in [2.45, 2.75) is 13.8 Å². The molecule has 0 aliphatic carbocycles. The van der Waals surface area contributed by atoms with E-state index in [1.807, 2.05) is 30.3 Å². The van der Waals surface area contributed by atoms with Gasteiger partial charge in [0.05, 0.1) is 23.0 Å². The molecule has 2 N–H and O–H groups in total. The van der Waals surface area contributed by atoms with Gasteiger partial charge in [-0.25, -0.2) is 5.43 Å². The molecule has 0 aliphatic heterocycles. The molecule has 0 radical (unpaired) electrons. The summed E-state index contributed by atoms with van der Waals surface area (Å²) in [5.74, 6) is -0.440. The first-order chi connectivity index (χ1) is 12.5. The number of para-hydroxylation sites is 1. The quantitative estimate of drug-likeness (QED) is 0.562. The van der Waals surface area contributed by atoms with E-state index in [1.165, 1.54) is 6.92 Å². The van der Waals surface area contributed by atoms with Gasteiger partial charge in [-0.2, -0.15) is 5.10 Å². The van der Waals surface area contributed by atoms with Crippen molar-refractivity contribution in [1.82, 2.24) is 10.4 Å². The Morgan fingerprint density at radius 3 is 2.54 bits per heavy atom. The number of anilines is 1. The number of aryl methyl sites for hydroxylation is 1. The van der Waals surface area contributed by atoms with E-state index in [0.717, 1.165) is 16.5 Å². The third-order valence-corrected chi connectivity index (χ3v) is 3.77. The summed E-state index contributed by atoms with van der Waals surface area (Å²) in [4.78, 5) is 27.8. The Hall–Kier alpha value is -3.54. The topological polar surface area (TPSA) is 83.5 Å². The van der Waals surface area contributed by atoms with E-state index >= 15 is 0 Å². The van der Waals surface area contributed by atoms with Crippen molar-refractivity contribution in [2.75, 3.05) is 5.32 Å². The normalized spacial score (nSPS) is 10.8. The Kier molecular flexibility index (Phi) is 5.03. The fourth-order valence-corrected chi connectivity index (χ4v) is 2.52. The average molecular weight is 346 g/mol. The molecule has 3 aromatic rings. The van der Waals surface area contributed by atoms with Crippen LogP contribution in [-0.4, -0.2) is 23.0 Å². The molecule has 0 aliphatic rings. The third-order valence-electron chi connectivity index (χ3n) is 3.77. The predicted octanol–water partition coefficient (Wildman–Crippen LogP) is 3.27. The molecule has 130 valence electrons. The third kappa shape index (κ3) is 4.10. The summed E-state index contributed by atoms with van der Waals surface area (Å²) in [6.07, 6.45) is 1.54. The minimum atomic E-state index is -0.313. The van der Waals surface area contributed by atoms with Crippen LogP contribution in [0.3, 0.4) is 0 Å². The molecule has 1 heterocycles. The molecule has 0 fully saturated rings. The van der Waals surface area contributed by atoms with Gasteiger partial charge in [0.25, 0.3) is 5.91 Å². The number of nitrogens with one attached hydrogen (secondary N) is 2. The smallest absolute Gasteiger partial charge is 0.273 e. The van der Waals surface area contributed by atoms with E-state index in [4.69, 9.17) is 0 Å². The maximum Gasteiger partial charge on any atom is 0.273 e. The minimum Gasteiger partial charge on any atom is -0.326 e. The largest absolute Gasteiger partial charge is 0.326 e. The molecule has 2 amide bonds. The fraction of sp³-hybridized carbons (Fsp3) is 0.100. The van der Waals surface area contributed by atoms with Crippen molar-refractivity contribution < 1.29 is 9.59 Å². The molecule has 0 bridgehead atoms. The van der Waals surface area contributed by atoms with Crippen LogP contribution in [0.4, 0.5) is 5.69 Å². The molecule has 0 unspecified atom stereocenters. The zero-order chi connectivity index (χ0) is 18.5. The predicted molar refractivity (Wildman–Crippen MR) is 102 cm³/mol. The van der Waals surface area contributed by atoms with Gasteiger partial charge in [-0.1, -0.05) is 30.3 Å². The lowest BCUT2D eigenvalue weighted by atomic mass is 10.1. The summed E-state index contributed by atoms with van der Waals surface area (Å²) in [6, 6.07) is 16.6. The second-order valence-electron chi connectivity index (χ2n) is 5.82. The van der Waals surface area contributed by atoms with Crippen molar-refractivity contribution in [3.63, 3.8) is 0 Å². The summed E-state index contributed by atoms with van der Waals surface area (Å²) in [6.45, 7) is 3.25. The van der Waals surface area contributed by atoms with Gasteiger partial charge in [0.2, 0.25) is 5.91 Å². The lowest BCUT2D eigenvalue weighted by molar-refractivity contribution is -0.114. The number of amides is 2. The molecule has 1 aromatic heterocycles. The highest BCUT2D eigenvalue weighted by Gasteiger charge is 2.10. The molecular weight excluding hydrogens is 328 g/mol. The molecule has 0 atom stereocenters. The monoisotopic (exact) mass is 346 g/mol. The van der Waals surface area contributed by atoms with Gasteiger partial charge >= 0.3 is 0 Å². The molecule has 3 rings (SSSR count). The van der Waals surface area contributed by atoms with Crippen LogP contribution in [0.25, 0.3) is 10.9 Å². The van der Waals surface area contributed by atoms with Crippen molar-refractivity contribution in [1.29, 1.82) is 0 Å². The lowest BCUT2D eigenvalue weighted by Crippen LogP contribution is -2.19. The zero-order valence-corrected chi connectivity index (χ0v) is 14.5. The van der Waals surface area contributed by atoms with Crippen LogP contribution < -0.4 is 10.7 Å². The van der Waals surface area contributed by atoms with Crippen LogP contribution in [-0.2, 0) is 4.79 Å². The summed E-state index contributed by atoms with van der Waals surface area (Å²) >= 11 is 0. The van der Waals surface area contributed by atoms with Gasteiger partial charge < -0.3 is 5.32 Å². The molecule has 2 aromatic carbocycles. The lowest BCUT2D eigenvalue weighted by Gasteiger charge is -2.06. The highest BCUT2D eigenvalue weighted by Crippen LogP contribution is 2.16. The maximum atomic E-state index is 12.4. The molecule has 0 saturated heterocycles. The van der Waals surface area contributed by atoms with Crippen molar-refractivity contribution in [2.24, 2.45) is 5.10 Å². The zero-order valence-electron chi connectivity index (χ0n) is 14.5. The van der Waals surface area contributed by atoms with E-state index in [9.17, 15) is 9.59 Å². The van der Waals surface area contributed by atoms with Crippen LogP contribution in [0.5, 0.6) is 0 Å². The van der Waals surface area contributed by atoms with Gasteiger partial charge in [0.15, 0.2) is 0 Å². The highest BCUT2D eigenvalue weighted by molar-refractivity contribution is 5.99. The van der Waals surface area contributed by atoms with E-state index in [1.54, 1.807) is 37.4 Å². The number of fused-ring (bicyclic) bond motifs is 1. The Morgan fingerprint density at radius 1 is 1.08 bits per heavy atom. The van der Waals surface area contributed by atoms with Gasteiger partial charge in [-0.15, -0.1) is 0 Å². The van der Waals surface area contributed by atoms with Gasteiger partial charge in [-0.3, -0.25) is 14.6 Å². The van der Waals surface area contributed by atoms with Gasteiger partial charge in [0.1, 0.15) is 0 Å². The molecular formula is C20H18N4O2. The van der Waals surface area contributed by atoms with E-state index in [0.29, 0.717) is 16.9 Å². The number of rotatable bonds is 4. The first kappa shape index (κ1) is 17.3. The van der Waals surface area contributed by atoms with Crippen LogP contribution in [0, 0.1) is 6.92 Å². The molecule has 0 saturated carbocycles. The molecule has 6 heteroatoms. The van der Waals surface area contributed by atoms with Crippen molar-refractivity contribution in [3.05, 3.63) is 71.4 Å². The molecule has 0 spiro atoms. The number of nitrogens with zero attached hydrogens (tertiary/aromatic N) is 2. The number of carbonyl (C=O) groups is 2. The van der Waals surface area contributed by atoms with Gasteiger partial charge in [0, 0.05) is 18.0 Å². The second-order valence-corrected chi connectivity index (χ2v) is 5.82. The summed E-state index contributed by atoms with van der Waals surface area (Å²) < 4.78 is 0. The summed E-state index contributed by atoms with van der Waals surface area (Å²) in [5, 5.41) is 7.58. The van der Waals surface area contributed by atoms with E-state index in [2.05, 4.69) is 20.8 Å². The Labute approximate surface area is 151 Å². The average Bonchev–Trinajstić information content (AvgIpc) is 2.62. The number of hydrazone groups is 1. The number of hydrogen-bond acceptors (Lipinski definition) is 4. The van der Waals surface area contributed by atoms with Crippen LogP contribution in [0.1, 0.15) is 28.5 Å². The SMILES string of the molecule is CC(=O)Nc1ccc(/C=N\NC(=O)c2cc3ccccc3nc2C)cc1. The fourth-order valence-electron chi connectivity index (χ4n) is 2.52. The highest BCUT2D eigenvalue weighted by atomic mass is 16.2. The molecule has 26 heavy (non-hydrogen) atoms. The maximum absolute atomic E-state index is 12.4. The summed E-state index contributed by atoms with van der Waals surface area (Å²) in [7, 11) is 0. The van der Waals surface area contributed by atoms with Crippen LogP contribution >= 0.6 is 0 Å². The van der Waals surface area contributed by atoms with Crippen LogP contribution in [0.15, 0.2) is 59.7 Å². The van der Waals surface area contributed by atoms with E-state index in [-0.39, 0.29) is 11.8 Å². The Morgan fingerprint density at radius 2 is 1.81 bits per heavy atom. The number of pyridine rings is 1. The van der Waals surface area contributed by atoms with Crippen LogP contribution in [0.2, 0.25) is 0 Å². The Bertz CT molecular complexity index is 994. The van der Waals surface area contributed by atoms with Crippen molar-refractivity contribution in [3.8, 4) is 0 Å². The minimum absolute atomic E-state index is 0.127.